The monoisotopic (exact) mass is 478 g/mol. The molecule has 0 heterocycles. The Balaban J connectivity index is 4.01. The number of allylic oxidation sites excluding steroid dienone is 2. The molecule has 0 N–H and O–H groups in total. The van der Waals surface area contributed by atoms with E-state index in [0.29, 0.717) is 12.8 Å². The largest absolute Gasteiger partial charge is 0.462 e. The molecule has 0 unspecified atom stereocenters. The molecule has 34 heavy (non-hydrogen) atoms. The van der Waals surface area contributed by atoms with Crippen LogP contribution in [0.3, 0.4) is 0 Å². The van der Waals surface area contributed by atoms with Crippen molar-refractivity contribution in [1.29, 1.82) is 0 Å². The molecule has 3 heteroatoms. The zero-order valence-corrected chi connectivity index (χ0v) is 23.4. The van der Waals surface area contributed by atoms with Gasteiger partial charge in [-0.3, -0.25) is 9.59 Å². The van der Waals surface area contributed by atoms with E-state index in [2.05, 4.69) is 26.0 Å². The minimum absolute atomic E-state index is 0.00372. The predicted molar refractivity (Wildman–Crippen MR) is 147 cm³/mol. The smallest absolute Gasteiger partial charge is 0.306 e. The molecule has 0 bridgehead atoms. The van der Waals surface area contributed by atoms with Crippen LogP contribution in [0.25, 0.3) is 0 Å². The molecule has 0 aliphatic carbocycles. The Morgan fingerprint density at radius 2 is 1.12 bits per heavy atom. The van der Waals surface area contributed by atoms with Crippen LogP contribution in [0.5, 0.6) is 0 Å². The highest BCUT2D eigenvalue weighted by molar-refractivity contribution is 5.81. The van der Waals surface area contributed by atoms with E-state index < -0.39 is 0 Å². The highest BCUT2D eigenvalue weighted by Gasteiger charge is 2.19. The molecule has 1 atom stereocenters. The van der Waals surface area contributed by atoms with Gasteiger partial charge in [0, 0.05) is 18.8 Å². The molecule has 0 radical (unpaired) electrons. The number of unbranched alkanes of at least 4 members (excludes halogenated alkanes) is 15. The van der Waals surface area contributed by atoms with Gasteiger partial charge in [-0.05, 0) is 44.9 Å². The van der Waals surface area contributed by atoms with Crippen LogP contribution >= 0.6 is 0 Å². The van der Waals surface area contributed by atoms with Gasteiger partial charge in [-0.1, -0.05) is 117 Å². The second-order valence-electron chi connectivity index (χ2n) is 10.5. The van der Waals surface area contributed by atoms with E-state index in [0.717, 1.165) is 38.5 Å². The van der Waals surface area contributed by atoms with Gasteiger partial charge in [-0.15, -0.1) is 0 Å². The Hall–Kier alpha value is -1.12. The van der Waals surface area contributed by atoms with Crippen molar-refractivity contribution in [3.8, 4) is 0 Å². The maximum absolute atomic E-state index is 12.4. The molecular weight excluding hydrogens is 420 g/mol. The van der Waals surface area contributed by atoms with E-state index in [4.69, 9.17) is 4.74 Å². The first kappa shape index (κ1) is 32.9. The van der Waals surface area contributed by atoms with Crippen LogP contribution in [0.2, 0.25) is 0 Å². The third-order valence-corrected chi connectivity index (χ3v) is 6.64. The van der Waals surface area contributed by atoms with Crippen molar-refractivity contribution >= 4 is 11.8 Å². The summed E-state index contributed by atoms with van der Waals surface area (Å²) in [5, 5.41) is 0. The maximum Gasteiger partial charge on any atom is 0.306 e. The molecule has 0 aliphatic rings. The first-order valence-electron chi connectivity index (χ1n) is 14.9. The maximum atomic E-state index is 12.4. The molecule has 0 aromatic rings. The van der Waals surface area contributed by atoms with E-state index >= 15 is 0 Å². The number of esters is 1. The zero-order valence-electron chi connectivity index (χ0n) is 23.4. The van der Waals surface area contributed by atoms with Gasteiger partial charge in [-0.2, -0.15) is 0 Å². The molecule has 0 rings (SSSR count). The Bertz CT molecular complexity index is 495. The highest BCUT2D eigenvalue weighted by Crippen LogP contribution is 2.17. The van der Waals surface area contributed by atoms with Crippen molar-refractivity contribution in [2.24, 2.45) is 5.92 Å². The summed E-state index contributed by atoms with van der Waals surface area (Å²) in [6.07, 6.45) is 28.2. The molecule has 0 saturated heterocycles. The summed E-state index contributed by atoms with van der Waals surface area (Å²) >= 11 is 0. The lowest BCUT2D eigenvalue weighted by Gasteiger charge is -2.18. The average Bonchev–Trinajstić information content (AvgIpc) is 2.81. The van der Waals surface area contributed by atoms with E-state index in [1.54, 1.807) is 0 Å². The van der Waals surface area contributed by atoms with Gasteiger partial charge in [0.2, 0.25) is 0 Å². The van der Waals surface area contributed by atoms with Gasteiger partial charge in [0.05, 0.1) is 0 Å². The van der Waals surface area contributed by atoms with Crippen molar-refractivity contribution in [1.82, 2.24) is 0 Å². The predicted octanol–water partition coefficient (Wildman–Crippen LogP) is 9.91. The summed E-state index contributed by atoms with van der Waals surface area (Å²) in [5.41, 5.74) is 0. The number of ketones is 1. The highest BCUT2D eigenvalue weighted by atomic mass is 16.5. The van der Waals surface area contributed by atoms with Crippen LogP contribution in [0.1, 0.15) is 163 Å². The quantitative estimate of drug-likeness (QED) is 0.0744. The Labute approximate surface area is 212 Å². The third kappa shape index (κ3) is 22.7. The zero-order chi connectivity index (χ0) is 25.3. The number of rotatable bonds is 25. The topological polar surface area (TPSA) is 43.4 Å². The minimum Gasteiger partial charge on any atom is -0.462 e. The SMILES string of the molecule is CCCCCC/C=C\CCCCCC(=O)O[C@H](CCCCCCCCCCC)CC(=O)C(C)C. The number of ether oxygens (including phenoxy) is 1. The molecule has 0 aromatic heterocycles. The summed E-state index contributed by atoms with van der Waals surface area (Å²) in [5.74, 6) is 0.0863. The summed E-state index contributed by atoms with van der Waals surface area (Å²) < 4.78 is 5.76. The van der Waals surface area contributed by atoms with E-state index in [-0.39, 0.29) is 23.8 Å². The number of carbonyl (C=O) groups is 2. The average molecular weight is 479 g/mol. The summed E-state index contributed by atoms with van der Waals surface area (Å²) in [4.78, 5) is 24.6. The summed E-state index contributed by atoms with van der Waals surface area (Å²) in [6.45, 7) is 8.36. The van der Waals surface area contributed by atoms with Crippen LogP contribution in [0.15, 0.2) is 12.2 Å². The van der Waals surface area contributed by atoms with E-state index in [1.165, 1.54) is 83.5 Å². The first-order chi connectivity index (χ1) is 16.5. The fourth-order valence-corrected chi connectivity index (χ4v) is 4.22. The standard InChI is InChI=1S/C31H58O3/c1-5-7-9-11-13-15-16-18-20-22-24-26-31(33)34-29(27-30(32)28(3)4)25-23-21-19-17-14-12-10-8-6-2/h15-16,28-29H,5-14,17-27H2,1-4H3/b16-15-/t29-/m1/s1. The first-order valence-corrected chi connectivity index (χ1v) is 14.9. The van der Waals surface area contributed by atoms with Crippen molar-refractivity contribution in [2.45, 2.75) is 169 Å². The fourth-order valence-electron chi connectivity index (χ4n) is 4.22. The summed E-state index contributed by atoms with van der Waals surface area (Å²) in [6, 6.07) is 0. The minimum atomic E-state index is -0.234. The number of hydrogen-bond acceptors (Lipinski definition) is 3. The number of carbonyl (C=O) groups excluding carboxylic acids is 2. The molecule has 0 aromatic carbocycles. The lowest BCUT2D eigenvalue weighted by atomic mass is 9.98. The van der Waals surface area contributed by atoms with Crippen LogP contribution in [0.4, 0.5) is 0 Å². The van der Waals surface area contributed by atoms with Gasteiger partial charge in [0.1, 0.15) is 11.9 Å². The van der Waals surface area contributed by atoms with Crippen LogP contribution in [-0.4, -0.2) is 17.9 Å². The lowest BCUT2D eigenvalue weighted by molar-refractivity contribution is -0.151. The Morgan fingerprint density at radius 1 is 0.647 bits per heavy atom. The molecule has 0 fully saturated rings. The van der Waals surface area contributed by atoms with Gasteiger partial charge in [0.25, 0.3) is 0 Å². The third-order valence-electron chi connectivity index (χ3n) is 6.64. The van der Waals surface area contributed by atoms with E-state index in [9.17, 15) is 9.59 Å². The van der Waals surface area contributed by atoms with Crippen molar-refractivity contribution in [3.63, 3.8) is 0 Å². The number of hydrogen-bond donors (Lipinski definition) is 0. The van der Waals surface area contributed by atoms with Crippen LogP contribution in [-0.2, 0) is 14.3 Å². The second kappa shape index (κ2) is 25.0. The fraction of sp³-hybridized carbons (Fsp3) is 0.871. The normalized spacial score (nSPS) is 12.5. The van der Waals surface area contributed by atoms with Crippen molar-refractivity contribution in [2.75, 3.05) is 0 Å². The molecule has 0 aliphatic heterocycles. The van der Waals surface area contributed by atoms with Gasteiger partial charge in [0.15, 0.2) is 0 Å². The number of Topliss-reactive ketones (excluding diaryl/α,β-unsaturated/α-hetero) is 1. The molecule has 0 amide bonds. The van der Waals surface area contributed by atoms with Crippen LogP contribution in [0, 0.1) is 5.92 Å². The lowest BCUT2D eigenvalue weighted by Crippen LogP contribution is -2.23. The van der Waals surface area contributed by atoms with E-state index in [1.807, 2.05) is 13.8 Å². The van der Waals surface area contributed by atoms with Gasteiger partial charge < -0.3 is 4.74 Å². The van der Waals surface area contributed by atoms with Crippen molar-refractivity contribution in [3.05, 3.63) is 12.2 Å². The molecule has 200 valence electrons. The second-order valence-corrected chi connectivity index (χ2v) is 10.5. The molecule has 3 nitrogen and oxygen atoms in total. The summed E-state index contributed by atoms with van der Waals surface area (Å²) in [7, 11) is 0. The van der Waals surface area contributed by atoms with Gasteiger partial charge >= 0.3 is 5.97 Å². The molecule has 0 saturated carbocycles. The van der Waals surface area contributed by atoms with Gasteiger partial charge in [-0.25, -0.2) is 0 Å². The Morgan fingerprint density at radius 3 is 1.65 bits per heavy atom. The Kier molecular flexibility index (Phi) is 24.2. The van der Waals surface area contributed by atoms with Crippen LogP contribution < -0.4 is 0 Å². The van der Waals surface area contributed by atoms with Crippen molar-refractivity contribution < 1.29 is 14.3 Å². The molecular formula is C31H58O3. The molecule has 0 spiro atoms.